The van der Waals surface area contributed by atoms with Gasteiger partial charge in [0.15, 0.2) is 0 Å². The predicted molar refractivity (Wildman–Crippen MR) is 78.7 cm³/mol. The summed E-state index contributed by atoms with van der Waals surface area (Å²) >= 11 is 5.95. The van der Waals surface area contributed by atoms with Crippen molar-refractivity contribution in [3.63, 3.8) is 0 Å². The molecule has 5 heteroatoms. The maximum atomic E-state index is 12.1. The second-order valence-electron chi connectivity index (χ2n) is 5.14. The molecule has 20 heavy (non-hydrogen) atoms. The minimum atomic E-state index is -0.879. The number of amides is 1. The molecule has 0 spiro atoms. The molecule has 1 aromatic carbocycles. The maximum Gasteiger partial charge on any atom is 0.303 e. The van der Waals surface area contributed by atoms with Crippen molar-refractivity contribution in [2.75, 3.05) is 7.05 Å². The zero-order chi connectivity index (χ0) is 15.3. The zero-order valence-corrected chi connectivity index (χ0v) is 12.7. The highest BCUT2D eigenvalue weighted by molar-refractivity contribution is 6.30. The van der Waals surface area contributed by atoms with Gasteiger partial charge in [0.1, 0.15) is 0 Å². The number of carbonyl (C=O) groups is 2. The van der Waals surface area contributed by atoms with E-state index in [4.69, 9.17) is 16.7 Å². The lowest BCUT2D eigenvalue weighted by Crippen LogP contribution is -2.31. The molecule has 0 aromatic heterocycles. The number of hydrogen-bond acceptors (Lipinski definition) is 2. The first-order chi connectivity index (χ1) is 9.31. The van der Waals surface area contributed by atoms with Crippen LogP contribution in [0.2, 0.25) is 5.02 Å². The van der Waals surface area contributed by atoms with Gasteiger partial charge in [-0.05, 0) is 30.5 Å². The predicted octanol–water partition coefficient (Wildman–Crippen LogP) is 3.36. The minimum Gasteiger partial charge on any atom is -0.481 e. The largest absolute Gasteiger partial charge is 0.481 e. The normalized spacial score (nSPS) is 13.6. The van der Waals surface area contributed by atoms with Crippen LogP contribution in [0.15, 0.2) is 24.3 Å². The Labute approximate surface area is 124 Å². The average molecular weight is 298 g/mol. The number of halogens is 1. The highest BCUT2D eigenvalue weighted by Gasteiger charge is 2.20. The zero-order valence-electron chi connectivity index (χ0n) is 12.0. The van der Waals surface area contributed by atoms with Gasteiger partial charge in [-0.3, -0.25) is 9.59 Å². The third-order valence-electron chi connectivity index (χ3n) is 3.35. The van der Waals surface area contributed by atoms with Gasteiger partial charge in [-0.1, -0.05) is 30.7 Å². The second-order valence-corrected chi connectivity index (χ2v) is 5.58. The standard InChI is InChI=1S/C15H20ClNO3/c1-10(8-15(19)20)7-14(18)17(3)11(2)12-5-4-6-13(16)9-12/h4-6,9-11H,7-8H2,1-3H3,(H,19,20). The van der Waals surface area contributed by atoms with Gasteiger partial charge in [0, 0.05) is 24.9 Å². The summed E-state index contributed by atoms with van der Waals surface area (Å²) in [4.78, 5) is 24.4. The van der Waals surface area contributed by atoms with Crippen LogP contribution in [-0.4, -0.2) is 28.9 Å². The fourth-order valence-corrected chi connectivity index (χ4v) is 2.22. The summed E-state index contributed by atoms with van der Waals surface area (Å²) in [7, 11) is 1.72. The third-order valence-corrected chi connectivity index (χ3v) is 3.59. The second kappa shape index (κ2) is 7.29. The molecular formula is C15H20ClNO3. The molecule has 0 aliphatic rings. The van der Waals surface area contributed by atoms with E-state index in [0.29, 0.717) is 5.02 Å². The maximum absolute atomic E-state index is 12.1. The van der Waals surface area contributed by atoms with E-state index in [0.717, 1.165) is 5.56 Å². The minimum absolute atomic E-state index is 0.00509. The molecule has 0 saturated carbocycles. The lowest BCUT2D eigenvalue weighted by Gasteiger charge is -2.26. The summed E-state index contributed by atoms with van der Waals surface area (Å²) < 4.78 is 0. The van der Waals surface area contributed by atoms with Crippen LogP contribution < -0.4 is 0 Å². The summed E-state index contributed by atoms with van der Waals surface area (Å²) in [5.74, 6) is -1.11. The van der Waals surface area contributed by atoms with Gasteiger partial charge < -0.3 is 10.0 Å². The Kier molecular flexibility index (Phi) is 6.02. The number of aliphatic carboxylic acids is 1. The number of carbonyl (C=O) groups excluding carboxylic acids is 1. The monoisotopic (exact) mass is 297 g/mol. The lowest BCUT2D eigenvalue weighted by atomic mass is 10.0. The molecule has 0 aliphatic heterocycles. The number of carboxylic acids is 1. The molecular weight excluding hydrogens is 278 g/mol. The van der Waals surface area contributed by atoms with E-state index in [1.54, 1.807) is 24.9 Å². The fraction of sp³-hybridized carbons (Fsp3) is 0.467. The lowest BCUT2D eigenvalue weighted by molar-refractivity contribution is -0.138. The Bertz CT molecular complexity index is 490. The van der Waals surface area contributed by atoms with Crippen LogP contribution in [0.25, 0.3) is 0 Å². The highest BCUT2D eigenvalue weighted by Crippen LogP contribution is 2.23. The van der Waals surface area contributed by atoms with Crippen LogP contribution >= 0.6 is 11.6 Å². The average Bonchev–Trinajstić information content (AvgIpc) is 2.35. The van der Waals surface area contributed by atoms with Gasteiger partial charge in [-0.2, -0.15) is 0 Å². The van der Waals surface area contributed by atoms with E-state index in [-0.39, 0.29) is 30.7 Å². The molecule has 0 radical (unpaired) electrons. The number of carboxylic acid groups (broad SMARTS) is 1. The molecule has 1 aromatic rings. The van der Waals surface area contributed by atoms with E-state index < -0.39 is 5.97 Å². The first-order valence-corrected chi connectivity index (χ1v) is 6.92. The molecule has 0 heterocycles. The first-order valence-electron chi connectivity index (χ1n) is 6.54. The smallest absolute Gasteiger partial charge is 0.303 e. The SMILES string of the molecule is CC(CC(=O)O)CC(=O)N(C)C(C)c1cccc(Cl)c1. The van der Waals surface area contributed by atoms with Gasteiger partial charge >= 0.3 is 5.97 Å². The molecule has 1 N–H and O–H groups in total. The summed E-state index contributed by atoms with van der Waals surface area (Å²) in [6.45, 7) is 3.69. The number of rotatable bonds is 6. The summed E-state index contributed by atoms with van der Waals surface area (Å²) in [5, 5.41) is 9.35. The summed E-state index contributed by atoms with van der Waals surface area (Å²) in [6, 6.07) is 7.28. The molecule has 1 rings (SSSR count). The van der Waals surface area contributed by atoms with Crippen molar-refractivity contribution < 1.29 is 14.7 Å². The van der Waals surface area contributed by atoms with Gasteiger partial charge in [0.25, 0.3) is 0 Å². The number of benzene rings is 1. The van der Waals surface area contributed by atoms with Crippen LogP contribution in [0.5, 0.6) is 0 Å². The molecule has 1 amide bonds. The molecule has 4 nitrogen and oxygen atoms in total. The van der Waals surface area contributed by atoms with Gasteiger partial charge in [0.05, 0.1) is 6.04 Å². The Morgan fingerprint density at radius 3 is 2.50 bits per heavy atom. The molecule has 2 atom stereocenters. The third kappa shape index (κ3) is 4.85. The van der Waals surface area contributed by atoms with Gasteiger partial charge in [0.2, 0.25) is 5.91 Å². The summed E-state index contributed by atoms with van der Waals surface area (Å²) in [5.41, 5.74) is 0.958. The molecule has 0 aliphatic carbocycles. The van der Waals surface area contributed by atoms with Crippen LogP contribution in [0.1, 0.15) is 38.3 Å². The van der Waals surface area contributed by atoms with Crippen LogP contribution in [0.4, 0.5) is 0 Å². The van der Waals surface area contributed by atoms with E-state index in [1.165, 1.54) is 0 Å². The quantitative estimate of drug-likeness (QED) is 0.876. The van der Waals surface area contributed by atoms with Gasteiger partial charge in [-0.15, -0.1) is 0 Å². The van der Waals surface area contributed by atoms with E-state index in [9.17, 15) is 9.59 Å². The van der Waals surface area contributed by atoms with Crippen molar-refractivity contribution in [2.45, 2.75) is 32.7 Å². The van der Waals surface area contributed by atoms with E-state index in [1.807, 2.05) is 25.1 Å². The van der Waals surface area contributed by atoms with E-state index >= 15 is 0 Å². The Hall–Kier alpha value is -1.55. The van der Waals surface area contributed by atoms with Crippen molar-refractivity contribution in [1.29, 1.82) is 0 Å². The topological polar surface area (TPSA) is 57.6 Å². The first kappa shape index (κ1) is 16.5. The van der Waals surface area contributed by atoms with Crippen molar-refractivity contribution in [2.24, 2.45) is 5.92 Å². The molecule has 0 saturated heterocycles. The fourth-order valence-electron chi connectivity index (χ4n) is 2.02. The van der Waals surface area contributed by atoms with Crippen molar-refractivity contribution >= 4 is 23.5 Å². The van der Waals surface area contributed by atoms with Crippen molar-refractivity contribution in [3.05, 3.63) is 34.9 Å². The number of hydrogen-bond donors (Lipinski definition) is 1. The number of nitrogens with zero attached hydrogens (tertiary/aromatic N) is 1. The van der Waals surface area contributed by atoms with E-state index in [2.05, 4.69) is 0 Å². The Morgan fingerprint density at radius 2 is 1.95 bits per heavy atom. The van der Waals surface area contributed by atoms with Crippen molar-refractivity contribution in [1.82, 2.24) is 4.90 Å². The molecule has 110 valence electrons. The van der Waals surface area contributed by atoms with Crippen molar-refractivity contribution in [3.8, 4) is 0 Å². The Morgan fingerprint density at radius 1 is 1.30 bits per heavy atom. The van der Waals surface area contributed by atoms with Crippen LogP contribution in [0.3, 0.4) is 0 Å². The molecule has 0 bridgehead atoms. The Balaban J connectivity index is 2.66. The summed E-state index contributed by atoms with van der Waals surface area (Å²) in [6.07, 6.45) is 0.235. The van der Waals surface area contributed by atoms with Crippen LogP contribution in [-0.2, 0) is 9.59 Å². The highest BCUT2D eigenvalue weighted by atomic mass is 35.5. The van der Waals surface area contributed by atoms with Crippen LogP contribution in [0, 0.1) is 5.92 Å². The molecule has 0 fully saturated rings. The van der Waals surface area contributed by atoms with Gasteiger partial charge in [-0.25, -0.2) is 0 Å². The molecule has 2 unspecified atom stereocenters.